The van der Waals surface area contributed by atoms with Crippen LogP contribution in [0.15, 0.2) is 163 Å². The van der Waals surface area contributed by atoms with Gasteiger partial charge in [0.15, 0.2) is 0 Å². The molecule has 12 rings (SSSR count). The molecule has 15 nitrogen and oxygen atoms in total. The van der Waals surface area contributed by atoms with Gasteiger partial charge in [0.25, 0.3) is 21.8 Å². The number of carbonyl (C=O) groups is 3. The van der Waals surface area contributed by atoms with Crippen LogP contribution >= 0.6 is 0 Å². The van der Waals surface area contributed by atoms with Crippen molar-refractivity contribution in [3.8, 4) is 33.8 Å². The van der Waals surface area contributed by atoms with Gasteiger partial charge in [-0.15, -0.1) is 0 Å². The highest BCUT2D eigenvalue weighted by atomic mass is 32.2. The van der Waals surface area contributed by atoms with E-state index in [0.717, 1.165) is 158 Å². The lowest BCUT2D eigenvalue weighted by atomic mass is 10.0. The second-order valence-corrected chi connectivity index (χ2v) is 25.4. The van der Waals surface area contributed by atoms with Crippen molar-refractivity contribution in [2.24, 2.45) is 5.73 Å². The van der Waals surface area contributed by atoms with E-state index in [1.807, 2.05) is 6.92 Å². The zero-order chi connectivity index (χ0) is 62.1. The summed E-state index contributed by atoms with van der Waals surface area (Å²) in [5.41, 5.74) is 30.4. The molecule has 1 aliphatic heterocycles. The lowest BCUT2D eigenvalue weighted by Gasteiger charge is -2.14. The zero-order valence-electron chi connectivity index (χ0n) is 51.4. The maximum absolute atomic E-state index is 13.1. The van der Waals surface area contributed by atoms with Crippen molar-refractivity contribution in [3.05, 3.63) is 242 Å². The van der Waals surface area contributed by atoms with Gasteiger partial charge in [-0.05, 0) is 180 Å². The number of urea groups is 1. The number of aromatic nitrogens is 6. The van der Waals surface area contributed by atoms with Gasteiger partial charge < -0.3 is 11.1 Å². The van der Waals surface area contributed by atoms with Gasteiger partial charge in [-0.2, -0.15) is 0 Å². The number of amides is 4. The number of sulfonamides is 1. The van der Waals surface area contributed by atoms with Crippen LogP contribution in [0.5, 0.6) is 0 Å². The molecule has 452 valence electrons. The summed E-state index contributed by atoms with van der Waals surface area (Å²) < 4.78 is 34.5. The minimum atomic E-state index is -4.00. The Morgan fingerprint density at radius 2 is 0.944 bits per heavy atom. The Bertz CT molecular complexity index is 4590. The molecule has 0 bridgehead atoms. The third kappa shape index (κ3) is 12.4. The van der Waals surface area contributed by atoms with Crippen molar-refractivity contribution in [1.29, 1.82) is 0 Å². The summed E-state index contributed by atoms with van der Waals surface area (Å²) in [4.78, 5) is 56.0. The summed E-state index contributed by atoms with van der Waals surface area (Å²) in [5.74, 6) is -0.465. The number of imide groups is 1. The maximum Gasteiger partial charge on any atom is 0.328 e. The summed E-state index contributed by atoms with van der Waals surface area (Å²) in [7, 11) is -4.00. The van der Waals surface area contributed by atoms with Crippen molar-refractivity contribution < 1.29 is 22.8 Å². The molecule has 0 unspecified atom stereocenters. The van der Waals surface area contributed by atoms with Crippen LogP contribution in [0, 0.1) is 34.6 Å². The van der Waals surface area contributed by atoms with Crippen LogP contribution < -0.4 is 15.8 Å². The van der Waals surface area contributed by atoms with E-state index in [1.165, 1.54) is 33.7 Å². The van der Waals surface area contributed by atoms with E-state index in [9.17, 15) is 22.8 Å². The van der Waals surface area contributed by atoms with Gasteiger partial charge in [0.2, 0.25) is 0 Å². The first-order valence-electron chi connectivity index (χ1n) is 30.8. The Morgan fingerprint density at radius 3 is 1.44 bits per heavy atom. The Kier molecular flexibility index (Phi) is 17.0. The number of imidazole rings is 3. The molecule has 5 aromatic carbocycles. The highest BCUT2D eigenvalue weighted by molar-refractivity contribution is 7.90. The number of benzene rings is 5. The standard InChI is InChI=1S/C73H74N10O5S/c1-7-62-65(56-30-24-53(25-31-56)36-39-80-71(84)60-14-8-9-15-61(60)72(80)85)82-44-54(41-49(5)69(82)76-62)12-11-17-64-67(58-26-20-51(21-27-58)34-37-74)83-45-55(42-50(6)70(83)78-64)13-10-16-63-66(81-43-47(3)40-48(4)68(81)77-63)57-28-22-52(23-29-57)35-38-75-73(86)79-89(87,88)59-32-18-46(2)19-33-59/h8-9,14-15,18-33,40-45H,7,10-13,16-17,34-39,74H2,1-6H3,(H2,75,79,86). The average Bonchev–Trinajstić information content (AvgIpc) is 1.79. The van der Waals surface area contributed by atoms with E-state index in [2.05, 4.69) is 167 Å². The Morgan fingerprint density at radius 1 is 0.494 bits per heavy atom. The molecule has 0 aliphatic carbocycles. The van der Waals surface area contributed by atoms with Gasteiger partial charge in [-0.1, -0.05) is 128 Å². The van der Waals surface area contributed by atoms with Crippen LogP contribution in [-0.2, 0) is 61.4 Å². The third-order valence-electron chi connectivity index (χ3n) is 17.1. The largest absolute Gasteiger partial charge is 0.337 e. The van der Waals surface area contributed by atoms with E-state index in [4.69, 9.17) is 20.7 Å². The van der Waals surface area contributed by atoms with E-state index in [-0.39, 0.29) is 23.3 Å². The number of nitrogens with two attached hydrogens (primary N) is 1. The van der Waals surface area contributed by atoms with E-state index in [1.54, 1.807) is 36.4 Å². The predicted octanol–water partition coefficient (Wildman–Crippen LogP) is 12.7. The number of carbonyl (C=O) groups excluding carboxylic acids is 3. The summed E-state index contributed by atoms with van der Waals surface area (Å²) in [6.07, 6.45) is 14.3. The number of aryl methyl sites for hydroxylation is 10. The molecule has 0 radical (unpaired) electrons. The molecule has 0 saturated carbocycles. The monoisotopic (exact) mass is 1200 g/mol. The second-order valence-electron chi connectivity index (χ2n) is 23.7. The van der Waals surface area contributed by atoms with E-state index >= 15 is 0 Å². The molecule has 16 heteroatoms. The number of hydrogen-bond acceptors (Lipinski definition) is 9. The molecule has 4 N–H and O–H groups in total. The Balaban J connectivity index is 0.748. The van der Waals surface area contributed by atoms with Gasteiger partial charge in [-0.3, -0.25) is 27.7 Å². The normalized spacial score (nSPS) is 12.5. The fourth-order valence-electron chi connectivity index (χ4n) is 12.7. The minimum absolute atomic E-state index is 0.0317. The fraction of sp³-hybridized carbons (Fsp3) is 0.260. The fourth-order valence-corrected chi connectivity index (χ4v) is 13.6. The molecule has 0 spiro atoms. The van der Waals surface area contributed by atoms with Crippen LogP contribution in [0.25, 0.3) is 50.7 Å². The van der Waals surface area contributed by atoms with Crippen LogP contribution in [0.3, 0.4) is 0 Å². The summed E-state index contributed by atoms with van der Waals surface area (Å²) in [6, 6.07) is 44.9. The van der Waals surface area contributed by atoms with E-state index in [0.29, 0.717) is 37.1 Å². The number of hydrogen-bond donors (Lipinski definition) is 3. The van der Waals surface area contributed by atoms with Gasteiger partial charge in [-0.25, -0.2) is 32.9 Å². The summed E-state index contributed by atoms with van der Waals surface area (Å²) >= 11 is 0. The van der Waals surface area contributed by atoms with Gasteiger partial charge in [0.1, 0.15) is 16.9 Å². The molecular formula is C73H74N10O5S. The predicted molar refractivity (Wildman–Crippen MR) is 351 cm³/mol. The Labute approximate surface area is 519 Å². The smallest absolute Gasteiger partial charge is 0.328 e. The molecule has 11 aromatic rings. The topological polar surface area (TPSA) is 191 Å². The third-order valence-corrected chi connectivity index (χ3v) is 18.5. The van der Waals surface area contributed by atoms with Gasteiger partial charge in [0, 0.05) is 48.4 Å². The molecule has 7 heterocycles. The molecule has 0 fully saturated rings. The van der Waals surface area contributed by atoms with Crippen molar-refractivity contribution in [3.63, 3.8) is 0 Å². The molecular weight excluding hydrogens is 1130 g/mol. The summed E-state index contributed by atoms with van der Waals surface area (Å²) in [6.45, 7) is 13.7. The number of pyridine rings is 3. The zero-order valence-corrected chi connectivity index (χ0v) is 52.2. The average molecular weight is 1200 g/mol. The molecule has 1 aliphatic rings. The minimum Gasteiger partial charge on any atom is -0.337 e. The highest BCUT2D eigenvalue weighted by Crippen LogP contribution is 2.34. The van der Waals surface area contributed by atoms with Crippen LogP contribution in [0.1, 0.15) is 113 Å². The van der Waals surface area contributed by atoms with Crippen LogP contribution in [-0.4, -0.2) is 79.0 Å². The molecule has 0 atom stereocenters. The first-order valence-corrected chi connectivity index (χ1v) is 32.3. The van der Waals surface area contributed by atoms with Gasteiger partial charge in [0.05, 0.1) is 50.2 Å². The molecule has 0 saturated heterocycles. The van der Waals surface area contributed by atoms with Crippen molar-refractivity contribution >= 4 is 44.8 Å². The quantitative estimate of drug-likeness (QED) is 0.0554. The second kappa shape index (κ2) is 25.3. The Hall–Kier alpha value is -9.51. The molecule has 89 heavy (non-hydrogen) atoms. The van der Waals surface area contributed by atoms with Crippen molar-refractivity contribution in [1.82, 2.24) is 43.1 Å². The van der Waals surface area contributed by atoms with Crippen LogP contribution in [0.2, 0.25) is 0 Å². The SMILES string of the molecule is CCc1nc2c(C)cc(CCCc3nc4c(C)cc(CCCc5nc6c(C)cc(C)cn6c5-c5ccc(CCNC(=O)NS(=O)(=O)c6ccc(C)cc6)cc5)cn4c3-c3ccc(CCN)cc3)cn2c1-c1ccc(CCN2C(=O)c3ccccc3C2=O)cc1. The number of fused-ring (bicyclic) bond motifs is 4. The van der Waals surface area contributed by atoms with Crippen LogP contribution in [0.4, 0.5) is 4.79 Å². The number of rotatable bonds is 22. The molecule has 6 aromatic heterocycles. The lowest BCUT2D eigenvalue weighted by Crippen LogP contribution is -2.40. The number of nitrogens with one attached hydrogen (secondary N) is 2. The summed E-state index contributed by atoms with van der Waals surface area (Å²) in [5, 5.41) is 2.70. The molecule has 4 amide bonds. The first kappa shape index (κ1) is 59.8. The highest BCUT2D eigenvalue weighted by Gasteiger charge is 2.35. The van der Waals surface area contributed by atoms with Crippen molar-refractivity contribution in [2.75, 3.05) is 19.6 Å². The maximum atomic E-state index is 13.1. The number of nitrogens with zero attached hydrogens (tertiary/aromatic N) is 7. The van der Waals surface area contributed by atoms with E-state index < -0.39 is 16.1 Å². The first-order chi connectivity index (χ1) is 43.0. The van der Waals surface area contributed by atoms with Crippen molar-refractivity contribution in [2.45, 2.75) is 111 Å². The van der Waals surface area contributed by atoms with Gasteiger partial charge >= 0.3 is 6.03 Å². The lowest BCUT2D eigenvalue weighted by molar-refractivity contribution is 0.0656.